The minimum Gasteiger partial charge on any atom is -0.359 e. The number of likely N-dealkylation sites (tertiary alicyclic amines) is 1. The van der Waals surface area contributed by atoms with E-state index >= 15 is 0 Å². The Kier molecular flexibility index (Phi) is 3.89. The maximum atomic E-state index is 13.0. The van der Waals surface area contributed by atoms with Crippen molar-refractivity contribution in [3.05, 3.63) is 18.3 Å². The second-order valence-electron chi connectivity index (χ2n) is 4.83. The van der Waals surface area contributed by atoms with Crippen molar-refractivity contribution < 1.29 is 4.39 Å². The van der Waals surface area contributed by atoms with Crippen LogP contribution in [0.1, 0.15) is 12.8 Å². The fourth-order valence-electron chi connectivity index (χ4n) is 2.26. The van der Waals surface area contributed by atoms with Gasteiger partial charge in [-0.25, -0.2) is 9.97 Å². The Morgan fingerprint density at radius 2 is 2.12 bits per heavy atom. The van der Waals surface area contributed by atoms with E-state index < -0.39 is 5.95 Å². The zero-order valence-corrected chi connectivity index (χ0v) is 10.4. The fraction of sp³-hybridized carbons (Fsp3) is 0.667. The summed E-state index contributed by atoms with van der Waals surface area (Å²) in [7, 11) is 4.11. The first kappa shape index (κ1) is 12.2. The lowest BCUT2D eigenvalue weighted by atomic mass is 9.97. The van der Waals surface area contributed by atoms with E-state index in [2.05, 4.69) is 21.9 Å². The fourth-order valence-corrected chi connectivity index (χ4v) is 2.26. The number of aromatic nitrogens is 2. The van der Waals surface area contributed by atoms with Gasteiger partial charge in [-0.1, -0.05) is 0 Å². The van der Waals surface area contributed by atoms with Crippen molar-refractivity contribution in [2.75, 3.05) is 38.6 Å². The summed E-state index contributed by atoms with van der Waals surface area (Å²) in [6.45, 7) is 3.23. The summed E-state index contributed by atoms with van der Waals surface area (Å²) in [4.78, 5) is 11.9. The summed E-state index contributed by atoms with van der Waals surface area (Å²) in [6.07, 6.45) is 3.68. The molecule has 5 heteroatoms. The van der Waals surface area contributed by atoms with Gasteiger partial charge in [-0.3, -0.25) is 0 Å². The highest BCUT2D eigenvalue weighted by atomic mass is 19.1. The summed E-state index contributed by atoms with van der Waals surface area (Å²) in [5, 5.41) is 0. The van der Waals surface area contributed by atoms with Crippen LogP contribution in [-0.4, -0.2) is 48.6 Å². The van der Waals surface area contributed by atoms with Gasteiger partial charge in [-0.15, -0.1) is 0 Å². The van der Waals surface area contributed by atoms with E-state index in [1.165, 1.54) is 25.2 Å². The van der Waals surface area contributed by atoms with Crippen molar-refractivity contribution >= 4 is 5.82 Å². The van der Waals surface area contributed by atoms with E-state index in [0.717, 1.165) is 19.6 Å². The van der Waals surface area contributed by atoms with Crippen LogP contribution in [0.2, 0.25) is 0 Å². The Morgan fingerprint density at radius 1 is 1.41 bits per heavy atom. The van der Waals surface area contributed by atoms with Gasteiger partial charge >= 0.3 is 0 Å². The molecule has 94 valence electrons. The van der Waals surface area contributed by atoms with Gasteiger partial charge in [0.05, 0.1) is 0 Å². The van der Waals surface area contributed by atoms with E-state index in [1.54, 1.807) is 0 Å². The number of halogens is 1. The number of nitrogens with zero attached hydrogens (tertiary/aromatic N) is 4. The van der Waals surface area contributed by atoms with Crippen molar-refractivity contribution in [1.82, 2.24) is 14.9 Å². The second-order valence-corrected chi connectivity index (χ2v) is 4.83. The van der Waals surface area contributed by atoms with E-state index in [0.29, 0.717) is 11.7 Å². The Labute approximate surface area is 101 Å². The van der Waals surface area contributed by atoms with Gasteiger partial charge in [-0.05, 0) is 38.9 Å². The molecule has 0 bridgehead atoms. The molecule has 0 saturated carbocycles. The number of anilines is 1. The van der Waals surface area contributed by atoms with E-state index in [1.807, 2.05) is 11.9 Å². The summed E-state index contributed by atoms with van der Waals surface area (Å²) < 4.78 is 13.0. The normalized spacial score (nSPS) is 18.3. The zero-order valence-electron chi connectivity index (χ0n) is 10.4. The maximum absolute atomic E-state index is 13.0. The highest BCUT2D eigenvalue weighted by molar-refractivity contribution is 5.35. The highest BCUT2D eigenvalue weighted by Gasteiger charge is 2.18. The Bertz CT molecular complexity index is 363. The van der Waals surface area contributed by atoms with Gasteiger partial charge in [0.25, 0.3) is 0 Å². The largest absolute Gasteiger partial charge is 0.359 e. The highest BCUT2D eigenvalue weighted by Crippen LogP contribution is 2.19. The lowest BCUT2D eigenvalue weighted by Crippen LogP contribution is -2.36. The van der Waals surface area contributed by atoms with Crippen LogP contribution < -0.4 is 4.90 Å². The van der Waals surface area contributed by atoms with Crippen LogP contribution in [0.5, 0.6) is 0 Å². The van der Waals surface area contributed by atoms with Gasteiger partial charge < -0.3 is 9.80 Å². The maximum Gasteiger partial charge on any atom is 0.218 e. The van der Waals surface area contributed by atoms with Crippen LogP contribution >= 0.6 is 0 Å². The molecule has 0 aliphatic carbocycles. The van der Waals surface area contributed by atoms with Crippen LogP contribution in [-0.2, 0) is 0 Å². The summed E-state index contributed by atoms with van der Waals surface area (Å²) in [5.74, 6) is 0.871. The molecule has 0 radical (unpaired) electrons. The van der Waals surface area contributed by atoms with Crippen molar-refractivity contribution in [1.29, 1.82) is 0 Å². The lowest BCUT2D eigenvalue weighted by Gasteiger charge is -2.31. The SMILES string of the molecule is CN1CCC(CN(C)c2cc(F)ncn2)CC1. The van der Waals surface area contributed by atoms with Crippen molar-refractivity contribution in [3.63, 3.8) is 0 Å². The molecule has 0 N–H and O–H groups in total. The molecule has 0 aromatic carbocycles. The molecule has 4 nitrogen and oxygen atoms in total. The first-order valence-corrected chi connectivity index (χ1v) is 6.02. The predicted molar refractivity (Wildman–Crippen MR) is 65.5 cm³/mol. The molecule has 0 unspecified atom stereocenters. The minimum atomic E-state index is -0.467. The van der Waals surface area contributed by atoms with Crippen molar-refractivity contribution in [2.24, 2.45) is 5.92 Å². The number of piperidine rings is 1. The molecule has 1 aromatic rings. The summed E-state index contributed by atoms with van der Waals surface area (Å²) in [6, 6.07) is 1.38. The molecule has 1 aliphatic heterocycles. The number of hydrogen-bond donors (Lipinski definition) is 0. The lowest BCUT2D eigenvalue weighted by molar-refractivity contribution is 0.222. The molecular weight excluding hydrogens is 219 g/mol. The molecular formula is C12H19FN4. The van der Waals surface area contributed by atoms with Crippen LogP contribution in [0.25, 0.3) is 0 Å². The Balaban J connectivity index is 1.90. The van der Waals surface area contributed by atoms with Gasteiger partial charge in [0, 0.05) is 19.7 Å². The molecule has 1 fully saturated rings. The minimum absolute atomic E-state index is 0.467. The van der Waals surface area contributed by atoms with E-state index in [4.69, 9.17) is 0 Å². The zero-order chi connectivity index (χ0) is 12.3. The predicted octanol–water partition coefficient (Wildman–Crippen LogP) is 1.39. The van der Waals surface area contributed by atoms with Gasteiger partial charge in [0.1, 0.15) is 12.1 Å². The van der Waals surface area contributed by atoms with E-state index in [9.17, 15) is 4.39 Å². The third kappa shape index (κ3) is 3.36. The third-order valence-corrected chi connectivity index (χ3v) is 3.38. The number of rotatable bonds is 3. The van der Waals surface area contributed by atoms with Crippen LogP contribution in [0.3, 0.4) is 0 Å². The van der Waals surface area contributed by atoms with Gasteiger partial charge in [-0.2, -0.15) is 4.39 Å². The molecule has 0 amide bonds. The van der Waals surface area contributed by atoms with Crippen molar-refractivity contribution in [2.45, 2.75) is 12.8 Å². The number of hydrogen-bond acceptors (Lipinski definition) is 4. The van der Waals surface area contributed by atoms with Crippen LogP contribution in [0.15, 0.2) is 12.4 Å². The molecule has 2 heterocycles. The van der Waals surface area contributed by atoms with Gasteiger partial charge in [0.2, 0.25) is 5.95 Å². The molecule has 2 rings (SSSR count). The molecule has 0 atom stereocenters. The smallest absolute Gasteiger partial charge is 0.218 e. The third-order valence-electron chi connectivity index (χ3n) is 3.38. The topological polar surface area (TPSA) is 32.3 Å². The molecule has 1 aliphatic rings. The Morgan fingerprint density at radius 3 is 2.76 bits per heavy atom. The first-order chi connectivity index (χ1) is 8.15. The van der Waals surface area contributed by atoms with Crippen LogP contribution in [0.4, 0.5) is 10.2 Å². The standard InChI is InChI=1S/C12H19FN4/c1-16-5-3-10(4-6-16)8-17(2)12-7-11(13)14-9-15-12/h7,9-10H,3-6,8H2,1-2H3. The quantitative estimate of drug-likeness (QED) is 0.745. The average Bonchev–Trinajstić information content (AvgIpc) is 2.32. The van der Waals surface area contributed by atoms with Crippen LogP contribution in [0, 0.1) is 11.9 Å². The molecule has 1 aromatic heterocycles. The Hall–Kier alpha value is -1.23. The monoisotopic (exact) mass is 238 g/mol. The average molecular weight is 238 g/mol. The molecule has 1 saturated heterocycles. The van der Waals surface area contributed by atoms with Crippen molar-refractivity contribution in [3.8, 4) is 0 Å². The first-order valence-electron chi connectivity index (χ1n) is 6.02. The van der Waals surface area contributed by atoms with Gasteiger partial charge in [0.15, 0.2) is 0 Å². The van der Waals surface area contributed by atoms with E-state index in [-0.39, 0.29) is 0 Å². The second kappa shape index (κ2) is 5.40. The molecule has 17 heavy (non-hydrogen) atoms. The summed E-state index contributed by atoms with van der Waals surface area (Å²) in [5.41, 5.74) is 0. The molecule has 0 spiro atoms. The summed E-state index contributed by atoms with van der Waals surface area (Å²) >= 11 is 0.